The molecule has 212 valence electrons. The van der Waals surface area contributed by atoms with Gasteiger partial charge in [-0.25, -0.2) is 0 Å². The van der Waals surface area contributed by atoms with E-state index in [0.717, 1.165) is 16.7 Å². The lowest BCUT2D eigenvalue weighted by Crippen LogP contribution is -2.68. The fourth-order valence-corrected chi connectivity index (χ4v) is 4.91. The van der Waals surface area contributed by atoms with Crippen molar-refractivity contribution in [2.24, 2.45) is 0 Å². The molecule has 0 saturated carbocycles. The summed E-state index contributed by atoms with van der Waals surface area (Å²) in [5, 5.41) is 2.04. The van der Waals surface area contributed by atoms with Crippen molar-refractivity contribution in [1.29, 1.82) is 0 Å². The van der Waals surface area contributed by atoms with E-state index in [2.05, 4.69) is 0 Å². The molecule has 1 N–H and O–H groups in total. The zero-order valence-electron chi connectivity index (χ0n) is 21.6. The third kappa shape index (κ3) is 6.71. The number of hydrogen-bond acceptors (Lipinski definition) is 6. The van der Waals surface area contributed by atoms with Crippen LogP contribution in [0.5, 0.6) is 0 Å². The predicted molar refractivity (Wildman–Crippen MR) is 138 cm³/mol. The van der Waals surface area contributed by atoms with Gasteiger partial charge in [-0.05, 0) is 16.7 Å². The van der Waals surface area contributed by atoms with E-state index in [1.807, 2.05) is 96.3 Å². The molecule has 2 aliphatic heterocycles. The van der Waals surface area contributed by atoms with E-state index in [0.29, 0.717) is 0 Å². The van der Waals surface area contributed by atoms with E-state index >= 15 is 0 Å². The first-order valence-electron chi connectivity index (χ1n) is 12.9. The van der Waals surface area contributed by atoms with Gasteiger partial charge in [0, 0.05) is 0 Å². The Bertz CT molecular complexity index is 1230. The highest BCUT2D eigenvalue weighted by Crippen LogP contribution is 2.41. The third-order valence-corrected chi connectivity index (χ3v) is 6.88. The summed E-state index contributed by atoms with van der Waals surface area (Å²) in [5.74, 6) is -2.11. The summed E-state index contributed by atoms with van der Waals surface area (Å²) in [7, 11) is 0. The first kappa shape index (κ1) is 28.3. The van der Waals surface area contributed by atoms with Crippen LogP contribution in [-0.2, 0) is 48.3 Å². The number of hydrogen-bond donors (Lipinski definition) is 1. The Kier molecular flexibility index (Phi) is 8.82. The average Bonchev–Trinajstić information content (AvgIpc) is 3.35. The number of fused-ring (bicyclic) bond motifs is 2. The number of ether oxygens (including phenoxy) is 5. The third-order valence-electron chi connectivity index (χ3n) is 6.88. The molecule has 3 aromatic rings. The normalized spacial score (nSPS) is 26.0. The fraction of sp³-hybridized carbons (Fsp3) is 0.367. The smallest absolute Gasteiger partial charge is 0.374 e. The summed E-state index contributed by atoms with van der Waals surface area (Å²) >= 11 is 0. The highest BCUT2D eigenvalue weighted by molar-refractivity contribution is 5.82. The molecule has 2 aliphatic rings. The summed E-state index contributed by atoms with van der Waals surface area (Å²) in [4.78, 5) is 12.1. The van der Waals surface area contributed by atoms with Crippen LogP contribution >= 0.6 is 0 Å². The highest BCUT2D eigenvalue weighted by atomic mass is 19.4. The summed E-state index contributed by atoms with van der Waals surface area (Å²) in [6.07, 6.45) is -8.28. The van der Waals surface area contributed by atoms with Gasteiger partial charge >= 0.3 is 12.1 Å². The molecule has 2 bridgehead atoms. The Hall–Kier alpha value is -3.28. The van der Waals surface area contributed by atoms with Gasteiger partial charge in [0.1, 0.15) is 23.9 Å². The molecule has 0 aliphatic carbocycles. The standard InChI is InChI=1S/C30H30F3NO6/c31-30(32,33)28(35)34-24-25(37-17-22-12-6-2-7-13-22)26(38-18-23-14-8-3-9-15-23)29(20-39-27(24)40-29)19-36-16-21-10-4-1-5-11-21/h1-15,24-27H,16-20H2,(H,34,35)/t24-,25-,26-,27+,29+/m1/s1. The number of halogens is 3. The van der Waals surface area contributed by atoms with Crippen molar-refractivity contribution in [3.63, 3.8) is 0 Å². The van der Waals surface area contributed by atoms with Gasteiger partial charge in [0.2, 0.25) is 0 Å². The average molecular weight is 558 g/mol. The minimum atomic E-state index is -5.10. The highest BCUT2D eigenvalue weighted by Gasteiger charge is 2.62. The molecule has 5 rings (SSSR count). The summed E-state index contributed by atoms with van der Waals surface area (Å²) < 4.78 is 70.6. The van der Waals surface area contributed by atoms with E-state index in [-0.39, 0.29) is 33.0 Å². The molecule has 5 atom stereocenters. The number of carbonyl (C=O) groups is 1. The minimum Gasteiger partial charge on any atom is -0.374 e. The van der Waals surface area contributed by atoms with Gasteiger partial charge in [-0.15, -0.1) is 0 Å². The van der Waals surface area contributed by atoms with E-state index < -0.39 is 42.2 Å². The largest absolute Gasteiger partial charge is 0.471 e. The zero-order chi connectivity index (χ0) is 28.0. The molecule has 2 saturated heterocycles. The topological polar surface area (TPSA) is 75.3 Å². The molecule has 0 aromatic heterocycles. The minimum absolute atomic E-state index is 0.0184. The predicted octanol–water partition coefficient (Wildman–Crippen LogP) is 4.55. The number of rotatable bonds is 11. The molecular formula is C30H30F3NO6. The zero-order valence-corrected chi connectivity index (χ0v) is 21.6. The van der Waals surface area contributed by atoms with Gasteiger partial charge < -0.3 is 29.0 Å². The molecule has 2 fully saturated rings. The Labute approximate surface area is 230 Å². The summed E-state index contributed by atoms with van der Waals surface area (Å²) in [5.41, 5.74) is 1.41. The van der Waals surface area contributed by atoms with Gasteiger partial charge in [-0.2, -0.15) is 13.2 Å². The van der Waals surface area contributed by atoms with Crippen molar-refractivity contribution in [3.05, 3.63) is 108 Å². The molecule has 2 heterocycles. The molecule has 40 heavy (non-hydrogen) atoms. The molecule has 0 radical (unpaired) electrons. The van der Waals surface area contributed by atoms with E-state index in [1.54, 1.807) is 0 Å². The summed E-state index contributed by atoms with van der Waals surface area (Å²) in [6, 6.07) is 26.8. The summed E-state index contributed by atoms with van der Waals surface area (Å²) in [6.45, 7) is 0.498. The van der Waals surface area contributed by atoms with Crippen LogP contribution < -0.4 is 5.32 Å². The second-order valence-electron chi connectivity index (χ2n) is 9.82. The quantitative estimate of drug-likeness (QED) is 0.373. The second kappa shape index (κ2) is 12.5. The maximum atomic E-state index is 13.3. The number of benzene rings is 3. The van der Waals surface area contributed by atoms with E-state index in [4.69, 9.17) is 23.7 Å². The molecule has 3 aromatic carbocycles. The van der Waals surface area contributed by atoms with Crippen LogP contribution in [0.2, 0.25) is 0 Å². The van der Waals surface area contributed by atoms with Gasteiger partial charge in [-0.3, -0.25) is 4.79 Å². The van der Waals surface area contributed by atoms with E-state index in [1.165, 1.54) is 0 Å². The van der Waals surface area contributed by atoms with Gasteiger partial charge in [0.05, 0.1) is 33.0 Å². The van der Waals surface area contributed by atoms with Crippen LogP contribution in [0.4, 0.5) is 13.2 Å². The monoisotopic (exact) mass is 557 g/mol. The SMILES string of the molecule is O=C(N[C@H]1[C@H]2OC[C@](COCc3ccccc3)(O2)[C@H](OCc2ccccc2)[C@@H]1OCc1ccccc1)C(F)(F)F. The van der Waals surface area contributed by atoms with Crippen LogP contribution in [-0.4, -0.2) is 55.4 Å². The van der Waals surface area contributed by atoms with Crippen molar-refractivity contribution in [2.45, 2.75) is 56.1 Å². The van der Waals surface area contributed by atoms with Crippen molar-refractivity contribution in [2.75, 3.05) is 13.2 Å². The molecule has 10 heteroatoms. The van der Waals surface area contributed by atoms with Crippen molar-refractivity contribution in [1.82, 2.24) is 5.32 Å². The Balaban J connectivity index is 1.43. The Morgan fingerprint density at radius 1 is 0.825 bits per heavy atom. The maximum Gasteiger partial charge on any atom is 0.471 e. The molecular weight excluding hydrogens is 527 g/mol. The molecule has 7 nitrogen and oxygen atoms in total. The maximum absolute atomic E-state index is 13.3. The lowest BCUT2D eigenvalue weighted by Gasteiger charge is -2.46. The lowest BCUT2D eigenvalue weighted by atomic mass is 9.87. The molecule has 0 spiro atoms. The second-order valence-corrected chi connectivity index (χ2v) is 9.82. The van der Waals surface area contributed by atoms with Crippen LogP contribution in [0.15, 0.2) is 91.0 Å². The van der Waals surface area contributed by atoms with Gasteiger partial charge in [0.25, 0.3) is 0 Å². The molecule has 1 amide bonds. The van der Waals surface area contributed by atoms with Crippen LogP contribution in [0.3, 0.4) is 0 Å². The van der Waals surface area contributed by atoms with Crippen molar-refractivity contribution >= 4 is 5.91 Å². The Morgan fingerprint density at radius 2 is 1.35 bits per heavy atom. The van der Waals surface area contributed by atoms with Crippen LogP contribution in [0, 0.1) is 0 Å². The van der Waals surface area contributed by atoms with Gasteiger partial charge in [0.15, 0.2) is 6.29 Å². The van der Waals surface area contributed by atoms with Crippen LogP contribution in [0.1, 0.15) is 16.7 Å². The Morgan fingerprint density at radius 3 is 1.90 bits per heavy atom. The fourth-order valence-electron chi connectivity index (χ4n) is 4.91. The van der Waals surface area contributed by atoms with Crippen molar-refractivity contribution < 1.29 is 41.7 Å². The van der Waals surface area contributed by atoms with Gasteiger partial charge in [-0.1, -0.05) is 91.0 Å². The number of nitrogens with one attached hydrogen (secondary N) is 1. The first-order chi connectivity index (χ1) is 19.3. The lowest BCUT2D eigenvalue weighted by molar-refractivity contribution is -0.265. The van der Waals surface area contributed by atoms with Crippen molar-refractivity contribution in [3.8, 4) is 0 Å². The first-order valence-corrected chi connectivity index (χ1v) is 12.9. The van der Waals surface area contributed by atoms with Crippen LogP contribution in [0.25, 0.3) is 0 Å². The molecule has 0 unspecified atom stereocenters. The number of alkyl halides is 3. The number of amides is 1. The number of carbonyl (C=O) groups excluding carboxylic acids is 1. The van der Waals surface area contributed by atoms with E-state index in [9.17, 15) is 18.0 Å².